The first kappa shape index (κ1) is 13.6. The van der Waals surface area contributed by atoms with Gasteiger partial charge in [0.05, 0.1) is 0 Å². The summed E-state index contributed by atoms with van der Waals surface area (Å²) in [7, 11) is -2.02. The smallest absolute Gasteiger partial charge is 0.352 e. The Morgan fingerprint density at radius 3 is 2.40 bits per heavy atom. The maximum atomic E-state index is 12.6. The Bertz CT molecular complexity index is 637. The van der Waals surface area contributed by atoms with Gasteiger partial charge in [-0.15, -0.1) is 0 Å². The fourth-order valence-corrected chi connectivity index (χ4v) is 5.05. The predicted octanol–water partition coefficient (Wildman–Crippen LogP) is 1.14. The van der Waals surface area contributed by atoms with Crippen LogP contribution < -0.4 is 0 Å². The predicted molar refractivity (Wildman–Crippen MR) is 72.0 cm³/mol. The molecule has 0 bridgehead atoms. The number of aryl methyl sites for hydroxylation is 1. The number of hydrogen-bond acceptors (Lipinski definition) is 3. The summed E-state index contributed by atoms with van der Waals surface area (Å²) in [5.41, 5.74) is -0.0111. The van der Waals surface area contributed by atoms with Crippen molar-refractivity contribution < 1.29 is 18.3 Å². The summed E-state index contributed by atoms with van der Waals surface area (Å²) >= 11 is 0. The molecule has 1 aromatic heterocycles. The third-order valence-corrected chi connectivity index (χ3v) is 6.33. The first-order chi connectivity index (χ1) is 9.39. The highest BCUT2D eigenvalue weighted by molar-refractivity contribution is 7.89. The summed E-state index contributed by atoms with van der Waals surface area (Å²) in [6, 6.07) is 1.24. The van der Waals surface area contributed by atoms with Gasteiger partial charge in [-0.1, -0.05) is 6.42 Å². The third kappa shape index (κ3) is 2.05. The molecule has 110 valence electrons. The van der Waals surface area contributed by atoms with Gasteiger partial charge in [-0.25, -0.2) is 13.2 Å². The van der Waals surface area contributed by atoms with Crippen LogP contribution in [0.25, 0.3) is 0 Å². The highest BCUT2D eigenvalue weighted by atomic mass is 32.2. The van der Waals surface area contributed by atoms with E-state index in [9.17, 15) is 13.2 Å². The van der Waals surface area contributed by atoms with E-state index in [-0.39, 0.29) is 10.6 Å². The standard InChI is InChI=1S/C13H18N2O4S/c1-14-8-11(5-12(14)13(16)17)20(18,19)15-6-9-3-2-4-10(9)7-15/h5,8-10H,2-4,6-7H2,1H3,(H,16,17). The van der Waals surface area contributed by atoms with Crippen LogP contribution >= 0.6 is 0 Å². The van der Waals surface area contributed by atoms with Crippen LogP contribution in [0.2, 0.25) is 0 Å². The lowest BCUT2D eigenvalue weighted by Gasteiger charge is -2.16. The number of rotatable bonds is 3. The van der Waals surface area contributed by atoms with Crippen molar-refractivity contribution in [3.63, 3.8) is 0 Å². The molecule has 0 radical (unpaired) electrons. The van der Waals surface area contributed by atoms with Crippen molar-refractivity contribution in [2.45, 2.75) is 24.2 Å². The lowest BCUT2D eigenvalue weighted by atomic mass is 10.0. The molecule has 2 atom stereocenters. The highest BCUT2D eigenvalue weighted by Gasteiger charge is 2.41. The van der Waals surface area contributed by atoms with E-state index in [0.29, 0.717) is 24.9 Å². The van der Waals surface area contributed by atoms with E-state index >= 15 is 0 Å². The second kappa shape index (κ2) is 4.60. The lowest BCUT2D eigenvalue weighted by Crippen LogP contribution is -2.29. The van der Waals surface area contributed by atoms with E-state index in [2.05, 4.69) is 0 Å². The van der Waals surface area contributed by atoms with Crippen LogP contribution in [0, 0.1) is 11.8 Å². The quantitative estimate of drug-likeness (QED) is 0.907. The topological polar surface area (TPSA) is 79.6 Å². The summed E-state index contributed by atoms with van der Waals surface area (Å²) in [6.45, 7) is 1.15. The Morgan fingerprint density at radius 1 is 1.30 bits per heavy atom. The van der Waals surface area contributed by atoms with Gasteiger partial charge in [-0.3, -0.25) is 0 Å². The molecule has 1 N–H and O–H groups in total. The molecule has 6 nitrogen and oxygen atoms in total. The van der Waals surface area contributed by atoms with Crippen LogP contribution in [0.4, 0.5) is 0 Å². The van der Waals surface area contributed by atoms with Gasteiger partial charge in [0.15, 0.2) is 0 Å². The van der Waals surface area contributed by atoms with E-state index in [1.165, 1.54) is 27.6 Å². The summed E-state index contributed by atoms with van der Waals surface area (Å²) in [6.07, 6.45) is 4.78. The van der Waals surface area contributed by atoms with Crippen LogP contribution in [0.15, 0.2) is 17.2 Å². The van der Waals surface area contributed by atoms with E-state index < -0.39 is 16.0 Å². The Balaban J connectivity index is 1.89. The van der Waals surface area contributed by atoms with Crippen molar-refractivity contribution in [1.29, 1.82) is 0 Å². The molecule has 0 amide bonds. The normalized spacial score (nSPS) is 26.9. The summed E-state index contributed by atoms with van der Waals surface area (Å²) < 4.78 is 28.0. The summed E-state index contributed by atoms with van der Waals surface area (Å²) in [5.74, 6) is -0.160. The number of fused-ring (bicyclic) bond motifs is 1. The molecule has 2 heterocycles. The van der Waals surface area contributed by atoms with Crippen LogP contribution in [0.1, 0.15) is 29.8 Å². The van der Waals surface area contributed by atoms with Gasteiger partial charge >= 0.3 is 5.97 Å². The molecule has 1 saturated heterocycles. The minimum absolute atomic E-state index is 0.0111. The van der Waals surface area contributed by atoms with Gasteiger partial charge in [0.1, 0.15) is 10.6 Å². The molecule has 2 unspecified atom stereocenters. The summed E-state index contributed by atoms with van der Waals surface area (Å²) in [5, 5.41) is 9.01. The van der Waals surface area contributed by atoms with E-state index in [1.54, 1.807) is 7.05 Å². The van der Waals surface area contributed by atoms with E-state index in [0.717, 1.165) is 12.8 Å². The molecular formula is C13H18N2O4S. The van der Waals surface area contributed by atoms with E-state index in [4.69, 9.17) is 5.11 Å². The second-order valence-electron chi connectivity index (χ2n) is 5.75. The molecule has 1 saturated carbocycles. The first-order valence-electron chi connectivity index (χ1n) is 6.79. The van der Waals surface area contributed by atoms with Crippen molar-refractivity contribution in [3.8, 4) is 0 Å². The van der Waals surface area contributed by atoms with Gasteiger partial charge in [-0.05, 0) is 30.7 Å². The van der Waals surface area contributed by atoms with E-state index in [1.807, 2.05) is 0 Å². The van der Waals surface area contributed by atoms with Crippen molar-refractivity contribution in [2.24, 2.45) is 18.9 Å². The van der Waals surface area contributed by atoms with Crippen LogP contribution in [-0.4, -0.2) is 41.5 Å². The summed E-state index contributed by atoms with van der Waals surface area (Å²) in [4.78, 5) is 11.1. The fourth-order valence-electron chi connectivity index (χ4n) is 3.43. The van der Waals surface area contributed by atoms with Crippen LogP contribution in [0.5, 0.6) is 0 Å². The molecule has 20 heavy (non-hydrogen) atoms. The molecule has 0 spiro atoms. The second-order valence-corrected chi connectivity index (χ2v) is 7.69. The van der Waals surface area contributed by atoms with Gasteiger partial charge in [0.25, 0.3) is 0 Å². The van der Waals surface area contributed by atoms with Crippen molar-refractivity contribution >= 4 is 16.0 Å². The molecule has 7 heteroatoms. The maximum Gasteiger partial charge on any atom is 0.352 e. The molecule has 1 aromatic rings. The number of aromatic nitrogens is 1. The monoisotopic (exact) mass is 298 g/mol. The number of aromatic carboxylic acids is 1. The van der Waals surface area contributed by atoms with Gasteiger partial charge in [0, 0.05) is 26.3 Å². The van der Waals surface area contributed by atoms with Crippen LogP contribution in [0.3, 0.4) is 0 Å². The third-order valence-electron chi connectivity index (χ3n) is 4.53. The number of sulfonamides is 1. The first-order valence-corrected chi connectivity index (χ1v) is 8.23. The minimum atomic E-state index is -3.57. The molecule has 1 aliphatic carbocycles. The molecule has 2 aliphatic rings. The van der Waals surface area contributed by atoms with Gasteiger partial charge in [-0.2, -0.15) is 4.31 Å². The Morgan fingerprint density at radius 2 is 1.90 bits per heavy atom. The number of carboxylic acid groups (broad SMARTS) is 1. The lowest BCUT2D eigenvalue weighted by molar-refractivity contribution is 0.0686. The number of carbonyl (C=O) groups is 1. The largest absolute Gasteiger partial charge is 0.477 e. The Labute approximate surface area is 118 Å². The number of hydrogen-bond donors (Lipinski definition) is 1. The van der Waals surface area contributed by atoms with Gasteiger partial charge < -0.3 is 9.67 Å². The van der Waals surface area contributed by atoms with Crippen LogP contribution in [-0.2, 0) is 17.1 Å². The zero-order chi connectivity index (χ0) is 14.5. The van der Waals surface area contributed by atoms with Crippen molar-refractivity contribution in [3.05, 3.63) is 18.0 Å². The fraction of sp³-hybridized carbons (Fsp3) is 0.615. The zero-order valence-electron chi connectivity index (χ0n) is 11.3. The number of nitrogens with zero attached hydrogens (tertiary/aromatic N) is 2. The molecular weight excluding hydrogens is 280 g/mol. The number of carboxylic acids is 1. The molecule has 2 fully saturated rings. The maximum absolute atomic E-state index is 12.6. The average molecular weight is 298 g/mol. The average Bonchev–Trinajstić information content (AvgIpc) is 3.00. The highest BCUT2D eigenvalue weighted by Crippen LogP contribution is 2.39. The van der Waals surface area contributed by atoms with Crippen molar-refractivity contribution in [2.75, 3.05) is 13.1 Å². The van der Waals surface area contributed by atoms with Gasteiger partial charge in [0.2, 0.25) is 10.0 Å². The molecule has 1 aliphatic heterocycles. The molecule has 0 aromatic carbocycles. The minimum Gasteiger partial charge on any atom is -0.477 e. The Kier molecular flexibility index (Phi) is 3.13. The molecule has 3 rings (SSSR count). The zero-order valence-corrected chi connectivity index (χ0v) is 12.1. The Hall–Kier alpha value is -1.34. The SMILES string of the molecule is Cn1cc(S(=O)(=O)N2CC3CCCC3C2)cc1C(=O)O. The van der Waals surface area contributed by atoms with Crippen molar-refractivity contribution in [1.82, 2.24) is 8.87 Å².